The van der Waals surface area contributed by atoms with E-state index in [-0.39, 0.29) is 17.2 Å². The van der Waals surface area contributed by atoms with Gasteiger partial charge in [-0.25, -0.2) is 0 Å². The fourth-order valence-electron chi connectivity index (χ4n) is 6.63. The van der Waals surface area contributed by atoms with Crippen molar-refractivity contribution in [1.82, 2.24) is 4.90 Å². The maximum atomic E-state index is 13.3. The monoisotopic (exact) mass is 307 g/mol. The quantitative estimate of drug-likeness (QED) is 0.815. The highest BCUT2D eigenvalue weighted by Crippen LogP contribution is 2.63. The lowest BCUT2D eigenvalue weighted by molar-refractivity contribution is -0.177. The minimum atomic E-state index is -1.38. The first kappa shape index (κ1) is 11.0. The van der Waals surface area contributed by atoms with Crippen LogP contribution in [-0.2, 0) is 4.79 Å². The standard InChI is InChI=1S/C18H28N2O2/c1-10-2-13-4-14(13)20(10)16(21)15(19)17-5-11-3-12(6-17)8-18(22,7-11)9-17/h10-15,22H,2-9,19H2,1H3/t10-,11?,12?,13-,14+,15-,17?,18?/m1/s1/i4D2,10D. The summed E-state index contributed by atoms with van der Waals surface area (Å²) in [4.78, 5) is 14.8. The second kappa shape index (κ2) is 4.07. The molecular formula is C18H28N2O2. The van der Waals surface area contributed by atoms with Crippen molar-refractivity contribution in [2.75, 3.05) is 0 Å². The predicted octanol–water partition coefficient (Wildman–Crippen LogP) is 1.65. The summed E-state index contributed by atoms with van der Waals surface area (Å²) >= 11 is 0. The molecule has 5 aliphatic carbocycles. The minimum absolute atomic E-state index is 0.230. The highest BCUT2D eigenvalue weighted by Gasteiger charge is 2.62. The van der Waals surface area contributed by atoms with Crippen molar-refractivity contribution in [1.29, 1.82) is 0 Å². The molecule has 4 nitrogen and oxygen atoms in total. The van der Waals surface area contributed by atoms with Crippen molar-refractivity contribution >= 4 is 5.91 Å². The third-order valence-corrected chi connectivity index (χ3v) is 7.10. The van der Waals surface area contributed by atoms with E-state index in [1.165, 1.54) is 4.90 Å². The molecule has 3 N–H and O–H groups in total. The highest BCUT2D eigenvalue weighted by atomic mass is 16.3. The van der Waals surface area contributed by atoms with Crippen LogP contribution in [-0.4, -0.2) is 39.6 Å². The Bertz CT molecular complexity index is 638. The molecule has 0 spiro atoms. The van der Waals surface area contributed by atoms with Crippen LogP contribution in [0.5, 0.6) is 0 Å². The number of nitrogens with zero attached hydrogens (tertiary/aromatic N) is 1. The number of amides is 1. The molecule has 5 saturated carbocycles. The molecule has 22 heavy (non-hydrogen) atoms. The molecular weight excluding hydrogens is 276 g/mol. The molecule has 6 atom stereocenters. The maximum Gasteiger partial charge on any atom is 0.240 e. The Balaban J connectivity index is 1.45. The number of fused-ring (bicyclic) bond motifs is 1. The lowest BCUT2D eigenvalue weighted by Gasteiger charge is -2.61. The van der Waals surface area contributed by atoms with Crippen LogP contribution in [0.4, 0.5) is 0 Å². The average Bonchev–Trinajstić information content (AvgIpc) is 2.83. The molecule has 0 radical (unpaired) electrons. The van der Waals surface area contributed by atoms with Gasteiger partial charge in [0.25, 0.3) is 0 Å². The molecule has 4 heteroatoms. The van der Waals surface area contributed by atoms with E-state index >= 15 is 0 Å². The summed E-state index contributed by atoms with van der Waals surface area (Å²) < 4.78 is 24.6. The molecule has 1 heterocycles. The Morgan fingerprint density at radius 3 is 2.64 bits per heavy atom. The smallest absolute Gasteiger partial charge is 0.240 e. The lowest BCUT2D eigenvalue weighted by Crippen LogP contribution is -2.64. The van der Waals surface area contributed by atoms with Gasteiger partial charge in [-0.2, -0.15) is 0 Å². The Hall–Kier alpha value is -0.610. The molecule has 1 saturated heterocycles. The molecule has 4 bridgehead atoms. The van der Waals surface area contributed by atoms with Crippen LogP contribution in [0.3, 0.4) is 0 Å². The van der Waals surface area contributed by atoms with Crippen molar-refractivity contribution in [3.8, 4) is 0 Å². The van der Waals surface area contributed by atoms with Crippen molar-refractivity contribution in [2.24, 2.45) is 28.9 Å². The van der Waals surface area contributed by atoms with Crippen molar-refractivity contribution < 1.29 is 14.0 Å². The van der Waals surface area contributed by atoms with Crippen LogP contribution < -0.4 is 5.73 Å². The fourth-order valence-corrected chi connectivity index (χ4v) is 6.63. The van der Waals surface area contributed by atoms with Crippen LogP contribution in [0.15, 0.2) is 0 Å². The summed E-state index contributed by atoms with van der Waals surface area (Å²) in [5.74, 6) is 0.404. The Morgan fingerprint density at radius 1 is 1.36 bits per heavy atom. The van der Waals surface area contributed by atoms with Gasteiger partial charge in [-0.3, -0.25) is 4.79 Å². The summed E-state index contributed by atoms with van der Waals surface area (Å²) in [5, 5.41) is 10.9. The number of carbonyl (C=O) groups is 1. The zero-order chi connectivity index (χ0) is 18.0. The van der Waals surface area contributed by atoms with E-state index in [1.807, 2.05) is 0 Å². The van der Waals surface area contributed by atoms with Gasteiger partial charge >= 0.3 is 0 Å². The second-order valence-electron chi connectivity index (χ2n) is 8.89. The van der Waals surface area contributed by atoms with Crippen molar-refractivity contribution in [3.05, 3.63) is 0 Å². The molecule has 0 aromatic carbocycles. The van der Waals surface area contributed by atoms with Gasteiger partial charge in [0.2, 0.25) is 5.91 Å². The number of hydrogen-bond donors (Lipinski definition) is 2. The van der Waals surface area contributed by atoms with Gasteiger partial charge in [0, 0.05) is 14.8 Å². The van der Waals surface area contributed by atoms with Gasteiger partial charge in [0.1, 0.15) is 0 Å². The van der Waals surface area contributed by atoms with E-state index < -0.39 is 30.1 Å². The number of piperidine rings is 1. The summed E-state index contributed by atoms with van der Waals surface area (Å²) in [6, 6.07) is -2.30. The molecule has 122 valence electrons. The fraction of sp³-hybridized carbons (Fsp3) is 0.944. The van der Waals surface area contributed by atoms with E-state index in [0.717, 1.165) is 32.1 Å². The number of rotatable bonds is 2. The van der Waals surface area contributed by atoms with E-state index in [2.05, 4.69) is 0 Å². The first-order valence-corrected chi connectivity index (χ1v) is 8.79. The highest BCUT2D eigenvalue weighted by molar-refractivity contribution is 5.84. The van der Waals surface area contributed by atoms with E-state index in [4.69, 9.17) is 9.85 Å². The van der Waals surface area contributed by atoms with E-state index in [9.17, 15) is 9.90 Å². The van der Waals surface area contributed by atoms with E-state index in [0.29, 0.717) is 24.7 Å². The summed E-state index contributed by atoms with van der Waals surface area (Å²) in [7, 11) is 0. The van der Waals surface area contributed by atoms with Crippen molar-refractivity contribution in [2.45, 2.75) is 81.9 Å². The molecule has 0 aromatic heterocycles. The van der Waals surface area contributed by atoms with Crippen LogP contribution >= 0.6 is 0 Å². The molecule has 1 amide bonds. The molecule has 6 rings (SSSR count). The van der Waals surface area contributed by atoms with Gasteiger partial charge in [-0.05, 0) is 81.4 Å². The Morgan fingerprint density at radius 2 is 2.05 bits per heavy atom. The van der Waals surface area contributed by atoms with E-state index in [1.54, 1.807) is 6.92 Å². The summed E-state index contributed by atoms with van der Waals surface area (Å²) in [6.07, 6.45) is 4.17. The number of likely N-dealkylation sites (tertiary alicyclic amines) is 1. The normalized spacial score (nSPS) is 63.8. The van der Waals surface area contributed by atoms with Crippen LogP contribution in [0, 0.1) is 23.2 Å². The number of aliphatic hydroxyl groups is 1. The lowest BCUT2D eigenvalue weighted by atomic mass is 9.46. The maximum absolute atomic E-state index is 13.3. The van der Waals surface area contributed by atoms with Crippen LogP contribution in [0.2, 0.25) is 0 Å². The van der Waals surface area contributed by atoms with Crippen LogP contribution in [0.1, 0.15) is 62.4 Å². The largest absolute Gasteiger partial charge is 0.390 e. The SMILES string of the molecule is [2H]C1([2H])[C@H]2C[C@@]([2H])(C)N(C(=O)[C@@H](N)C34CC5CC(CC(O)(C5)C3)C4)[C@H]21. The zero-order valence-electron chi connectivity index (χ0n) is 16.2. The van der Waals surface area contributed by atoms with Gasteiger partial charge < -0.3 is 15.7 Å². The first-order chi connectivity index (χ1) is 11.5. The molecule has 1 aliphatic heterocycles. The topological polar surface area (TPSA) is 66.6 Å². The third-order valence-electron chi connectivity index (χ3n) is 7.10. The van der Waals surface area contributed by atoms with Gasteiger partial charge in [0.15, 0.2) is 0 Å². The summed E-state index contributed by atoms with van der Waals surface area (Å²) in [5.41, 5.74) is 5.50. The summed E-state index contributed by atoms with van der Waals surface area (Å²) in [6.45, 7) is 1.70. The minimum Gasteiger partial charge on any atom is -0.390 e. The number of hydrogen-bond acceptors (Lipinski definition) is 3. The predicted molar refractivity (Wildman–Crippen MR) is 82.9 cm³/mol. The Kier molecular flexibility index (Phi) is 2.04. The van der Waals surface area contributed by atoms with Crippen molar-refractivity contribution in [3.63, 3.8) is 0 Å². The molecule has 6 aliphatic rings. The van der Waals surface area contributed by atoms with Crippen LogP contribution in [0.25, 0.3) is 0 Å². The second-order valence-corrected chi connectivity index (χ2v) is 8.89. The molecule has 6 fully saturated rings. The average molecular weight is 307 g/mol. The van der Waals surface area contributed by atoms with Gasteiger partial charge in [-0.1, -0.05) is 0 Å². The molecule has 0 aromatic rings. The third kappa shape index (κ3) is 1.74. The molecule has 2 unspecified atom stereocenters. The van der Waals surface area contributed by atoms with Gasteiger partial charge in [0.05, 0.1) is 13.0 Å². The Labute approximate surface area is 136 Å². The van der Waals surface area contributed by atoms with Gasteiger partial charge in [-0.15, -0.1) is 0 Å². The number of carbonyl (C=O) groups excluding carboxylic acids is 1. The number of nitrogens with two attached hydrogens (primary N) is 1. The first-order valence-electron chi connectivity index (χ1n) is 10.3. The zero-order valence-corrected chi connectivity index (χ0v) is 13.2.